The Bertz CT molecular complexity index is 828. The molecule has 4 aliphatic carbocycles. The third kappa shape index (κ3) is 3.43. The maximum Gasteiger partial charge on any atom is 0.303 e. The molecular weight excluding hydrogens is 402 g/mol. The van der Waals surface area contributed by atoms with E-state index < -0.39 is 5.97 Å². The highest BCUT2D eigenvalue weighted by Crippen LogP contribution is 2.70. The molecule has 5 rings (SSSR count). The van der Waals surface area contributed by atoms with Gasteiger partial charge in [0.05, 0.1) is 18.3 Å². The molecule has 0 spiro atoms. The largest absolute Gasteiger partial charge is 0.481 e. The maximum atomic E-state index is 11.2. The zero-order chi connectivity index (χ0) is 22.7. The van der Waals surface area contributed by atoms with Crippen molar-refractivity contribution >= 4 is 5.97 Å². The van der Waals surface area contributed by atoms with Gasteiger partial charge in [0.2, 0.25) is 0 Å². The van der Waals surface area contributed by atoms with E-state index in [9.17, 15) is 15.0 Å². The van der Waals surface area contributed by atoms with Gasteiger partial charge in [-0.05, 0) is 104 Å². The second-order valence-corrected chi connectivity index (χ2v) is 12.2. The van der Waals surface area contributed by atoms with E-state index in [-0.39, 0.29) is 17.9 Å². The standard InChI is InChI=1S/C26H41N3O3/c1-16(4-7-23(31)32)19-5-6-20-24-21(9-11-26(19,20)3)25(2)10-8-18(30)14-17(25)15-22(24)29-13-12-27-28-29/h12-13,16-22,24,30H,4-11,14-15H2,1-3H3,(H,31,32)/t16-,17+,18-,19-,20+,21+,22+,24+,25+,26-/m1/s1. The summed E-state index contributed by atoms with van der Waals surface area (Å²) in [6.45, 7) is 7.35. The van der Waals surface area contributed by atoms with Gasteiger partial charge in [0, 0.05) is 12.6 Å². The Morgan fingerprint density at radius 3 is 2.59 bits per heavy atom. The zero-order valence-corrected chi connectivity index (χ0v) is 20.0. The third-order valence-electron chi connectivity index (χ3n) is 11.0. The van der Waals surface area contributed by atoms with Gasteiger partial charge in [-0.1, -0.05) is 26.0 Å². The van der Waals surface area contributed by atoms with Crippen LogP contribution in [0, 0.1) is 46.3 Å². The first kappa shape index (κ1) is 22.4. The SMILES string of the molecule is C[C@H](CCC(=O)O)[C@H]1CC[C@H]2[C@@H]3[C@@H](n4ccnn4)C[C@@H]4C[C@H](O)CC[C@]4(C)[C@H]3CC[C@]12C. The van der Waals surface area contributed by atoms with Crippen LogP contribution in [-0.4, -0.2) is 37.3 Å². The molecule has 0 aliphatic heterocycles. The minimum atomic E-state index is -0.669. The van der Waals surface area contributed by atoms with Gasteiger partial charge in [-0.25, -0.2) is 4.68 Å². The van der Waals surface area contributed by atoms with Gasteiger partial charge in [0.15, 0.2) is 0 Å². The van der Waals surface area contributed by atoms with Crippen LogP contribution >= 0.6 is 0 Å². The van der Waals surface area contributed by atoms with E-state index in [0.29, 0.717) is 47.0 Å². The van der Waals surface area contributed by atoms with Gasteiger partial charge in [0.25, 0.3) is 0 Å². The van der Waals surface area contributed by atoms with Crippen molar-refractivity contribution in [1.29, 1.82) is 0 Å². The topological polar surface area (TPSA) is 88.2 Å². The summed E-state index contributed by atoms with van der Waals surface area (Å²) in [6.07, 6.45) is 13.9. The minimum Gasteiger partial charge on any atom is -0.481 e. The number of carboxylic acids is 1. The Labute approximate surface area is 192 Å². The summed E-state index contributed by atoms with van der Waals surface area (Å²) in [6, 6.07) is 0.364. The molecule has 0 amide bonds. The highest BCUT2D eigenvalue weighted by molar-refractivity contribution is 5.66. The molecule has 4 saturated carbocycles. The van der Waals surface area contributed by atoms with Crippen molar-refractivity contribution in [2.24, 2.45) is 46.3 Å². The Morgan fingerprint density at radius 2 is 1.88 bits per heavy atom. The number of hydrogen-bond donors (Lipinski definition) is 2. The van der Waals surface area contributed by atoms with Crippen LogP contribution in [0.15, 0.2) is 12.4 Å². The van der Waals surface area contributed by atoms with E-state index in [0.717, 1.165) is 32.1 Å². The lowest BCUT2D eigenvalue weighted by molar-refractivity contribution is -0.151. The average molecular weight is 444 g/mol. The second kappa shape index (κ2) is 8.11. The van der Waals surface area contributed by atoms with Gasteiger partial charge in [0.1, 0.15) is 0 Å². The van der Waals surface area contributed by atoms with E-state index >= 15 is 0 Å². The van der Waals surface area contributed by atoms with Crippen molar-refractivity contribution < 1.29 is 15.0 Å². The van der Waals surface area contributed by atoms with Crippen LogP contribution in [0.1, 0.15) is 91.0 Å². The van der Waals surface area contributed by atoms with Crippen LogP contribution in [0.2, 0.25) is 0 Å². The molecule has 4 aliphatic rings. The summed E-state index contributed by atoms with van der Waals surface area (Å²) in [5, 5.41) is 28.4. The van der Waals surface area contributed by atoms with Crippen molar-refractivity contribution in [1.82, 2.24) is 15.0 Å². The number of aliphatic hydroxyl groups excluding tert-OH is 1. The fraction of sp³-hybridized carbons (Fsp3) is 0.885. The van der Waals surface area contributed by atoms with Crippen molar-refractivity contribution in [2.75, 3.05) is 0 Å². The van der Waals surface area contributed by atoms with Crippen molar-refractivity contribution in [3.63, 3.8) is 0 Å². The maximum absolute atomic E-state index is 11.2. The third-order valence-corrected chi connectivity index (χ3v) is 11.0. The van der Waals surface area contributed by atoms with E-state index in [2.05, 4.69) is 42.0 Å². The summed E-state index contributed by atoms with van der Waals surface area (Å²) < 4.78 is 2.14. The molecule has 6 nitrogen and oxygen atoms in total. The van der Waals surface area contributed by atoms with Crippen LogP contribution < -0.4 is 0 Å². The number of aromatic nitrogens is 3. The normalized spacial score (nSPS) is 46.7. The number of rotatable bonds is 5. The van der Waals surface area contributed by atoms with Crippen molar-refractivity contribution in [3.8, 4) is 0 Å². The lowest BCUT2D eigenvalue weighted by atomic mass is 9.43. The van der Waals surface area contributed by atoms with E-state index in [4.69, 9.17) is 0 Å². The molecule has 1 aromatic rings. The first-order valence-electron chi connectivity index (χ1n) is 13.0. The number of aliphatic hydroxyl groups is 1. The molecule has 4 fully saturated rings. The Kier molecular flexibility index (Phi) is 5.67. The monoisotopic (exact) mass is 443 g/mol. The summed E-state index contributed by atoms with van der Waals surface area (Å²) in [7, 11) is 0. The Morgan fingerprint density at radius 1 is 1.12 bits per heavy atom. The number of carbonyl (C=O) groups is 1. The summed E-state index contributed by atoms with van der Waals surface area (Å²) >= 11 is 0. The van der Waals surface area contributed by atoms with Crippen LogP contribution in [0.5, 0.6) is 0 Å². The molecule has 0 aromatic carbocycles. The van der Waals surface area contributed by atoms with Crippen molar-refractivity contribution in [3.05, 3.63) is 12.4 Å². The summed E-state index contributed by atoms with van der Waals surface area (Å²) in [4.78, 5) is 11.2. The molecule has 0 unspecified atom stereocenters. The van der Waals surface area contributed by atoms with Gasteiger partial charge >= 0.3 is 5.97 Å². The first-order valence-corrected chi connectivity index (χ1v) is 13.0. The predicted octanol–water partition coefficient (Wildman–Crippen LogP) is 4.95. The smallest absolute Gasteiger partial charge is 0.303 e. The van der Waals surface area contributed by atoms with Gasteiger partial charge in [-0.3, -0.25) is 4.79 Å². The van der Waals surface area contributed by atoms with Gasteiger partial charge in [-0.15, -0.1) is 5.10 Å². The van der Waals surface area contributed by atoms with E-state index in [1.54, 1.807) is 0 Å². The van der Waals surface area contributed by atoms with Gasteiger partial charge in [-0.2, -0.15) is 0 Å². The van der Waals surface area contributed by atoms with Crippen LogP contribution in [0.3, 0.4) is 0 Å². The fourth-order valence-electron chi connectivity index (χ4n) is 9.41. The Hall–Kier alpha value is -1.43. The second-order valence-electron chi connectivity index (χ2n) is 12.2. The molecule has 1 aromatic heterocycles. The van der Waals surface area contributed by atoms with Crippen LogP contribution in [0.25, 0.3) is 0 Å². The lowest BCUT2D eigenvalue weighted by Crippen LogP contribution is -2.57. The van der Waals surface area contributed by atoms with E-state index in [1.807, 2.05) is 6.20 Å². The molecular formula is C26H41N3O3. The number of hydrogen-bond acceptors (Lipinski definition) is 4. The van der Waals surface area contributed by atoms with Crippen LogP contribution in [-0.2, 0) is 4.79 Å². The Balaban J connectivity index is 1.47. The number of fused-ring (bicyclic) bond motifs is 5. The number of carboxylic acid groups (broad SMARTS) is 1. The summed E-state index contributed by atoms with van der Waals surface area (Å²) in [5.41, 5.74) is 0.602. The predicted molar refractivity (Wildman–Crippen MR) is 122 cm³/mol. The average Bonchev–Trinajstić information content (AvgIpc) is 3.39. The molecule has 10 atom stereocenters. The fourth-order valence-corrected chi connectivity index (χ4v) is 9.41. The molecule has 2 N–H and O–H groups in total. The zero-order valence-electron chi connectivity index (χ0n) is 20.0. The molecule has 0 bridgehead atoms. The highest BCUT2D eigenvalue weighted by Gasteiger charge is 2.63. The van der Waals surface area contributed by atoms with Crippen LogP contribution in [0.4, 0.5) is 0 Å². The number of nitrogens with zero attached hydrogens (tertiary/aromatic N) is 3. The molecule has 32 heavy (non-hydrogen) atoms. The molecule has 178 valence electrons. The quantitative estimate of drug-likeness (QED) is 0.672. The minimum absolute atomic E-state index is 0.152. The van der Waals surface area contributed by atoms with Crippen molar-refractivity contribution in [2.45, 2.75) is 97.1 Å². The van der Waals surface area contributed by atoms with Gasteiger partial charge < -0.3 is 10.2 Å². The number of aliphatic carboxylic acids is 1. The molecule has 0 saturated heterocycles. The molecule has 0 radical (unpaired) electrons. The molecule has 1 heterocycles. The highest BCUT2D eigenvalue weighted by atomic mass is 16.4. The lowest BCUT2D eigenvalue weighted by Gasteiger charge is -2.63. The summed E-state index contributed by atoms with van der Waals surface area (Å²) in [5.74, 6) is 2.90. The first-order chi connectivity index (χ1) is 15.2. The molecule has 6 heteroatoms. The van der Waals surface area contributed by atoms with E-state index in [1.165, 1.54) is 25.7 Å².